The standard InChI is InChI=1S/C20H17N3O4/c1-13(20(25)22-15-8-6-14(12-21)7-9-15)26-19(24)11-10-18-23-16-4-2-3-5-17(16)27-18/h2-9,13H,10-11H2,1H3,(H,22,25)/t13-/m1/s1. The van der Waals surface area contributed by atoms with Gasteiger partial charge in [-0.15, -0.1) is 0 Å². The van der Waals surface area contributed by atoms with Gasteiger partial charge in [-0.05, 0) is 43.3 Å². The number of hydrogen-bond donors (Lipinski definition) is 1. The Bertz CT molecular complexity index is 969. The van der Waals surface area contributed by atoms with Crippen molar-refractivity contribution >= 4 is 28.7 Å². The van der Waals surface area contributed by atoms with E-state index in [2.05, 4.69) is 10.3 Å². The Labute approximate surface area is 155 Å². The minimum Gasteiger partial charge on any atom is -0.453 e. The predicted molar refractivity (Wildman–Crippen MR) is 97.7 cm³/mol. The maximum atomic E-state index is 12.1. The molecule has 0 spiro atoms. The average Bonchev–Trinajstić information content (AvgIpc) is 3.10. The summed E-state index contributed by atoms with van der Waals surface area (Å²) in [5.41, 5.74) is 2.41. The Morgan fingerprint density at radius 1 is 1.22 bits per heavy atom. The van der Waals surface area contributed by atoms with Crippen LogP contribution < -0.4 is 5.32 Å². The number of hydrogen-bond acceptors (Lipinski definition) is 6. The molecule has 7 nitrogen and oxygen atoms in total. The summed E-state index contributed by atoms with van der Waals surface area (Å²) in [4.78, 5) is 28.4. The van der Waals surface area contributed by atoms with Gasteiger partial charge in [0.2, 0.25) is 0 Å². The van der Waals surface area contributed by atoms with Crippen molar-refractivity contribution in [2.45, 2.75) is 25.9 Å². The quantitative estimate of drug-likeness (QED) is 0.674. The second kappa shape index (κ2) is 8.15. The third kappa shape index (κ3) is 4.70. The predicted octanol–water partition coefficient (Wildman–Crippen LogP) is 3.20. The highest BCUT2D eigenvalue weighted by Crippen LogP contribution is 2.16. The highest BCUT2D eigenvalue weighted by atomic mass is 16.5. The Morgan fingerprint density at radius 2 is 1.96 bits per heavy atom. The molecule has 0 fully saturated rings. The Balaban J connectivity index is 1.48. The monoisotopic (exact) mass is 363 g/mol. The van der Waals surface area contributed by atoms with Gasteiger partial charge in [-0.2, -0.15) is 5.26 Å². The van der Waals surface area contributed by atoms with Gasteiger partial charge in [-0.3, -0.25) is 9.59 Å². The summed E-state index contributed by atoms with van der Waals surface area (Å²) < 4.78 is 10.7. The molecule has 1 atom stereocenters. The van der Waals surface area contributed by atoms with Crippen LogP contribution in [0.15, 0.2) is 52.9 Å². The van der Waals surface area contributed by atoms with Crippen LogP contribution in [0.4, 0.5) is 5.69 Å². The van der Waals surface area contributed by atoms with Gasteiger partial charge in [0.1, 0.15) is 5.52 Å². The van der Waals surface area contributed by atoms with Crippen molar-refractivity contribution < 1.29 is 18.7 Å². The first kappa shape index (κ1) is 18.1. The molecule has 1 amide bonds. The van der Waals surface area contributed by atoms with E-state index in [0.717, 1.165) is 5.52 Å². The summed E-state index contributed by atoms with van der Waals surface area (Å²) in [7, 11) is 0. The van der Waals surface area contributed by atoms with Crippen LogP contribution in [0.3, 0.4) is 0 Å². The number of carbonyl (C=O) groups is 2. The number of aromatic nitrogens is 1. The Kier molecular flexibility index (Phi) is 5.47. The zero-order valence-electron chi connectivity index (χ0n) is 14.6. The van der Waals surface area contributed by atoms with Crippen LogP contribution in [0.2, 0.25) is 0 Å². The van der Waals surface area contributed by atoms with Crippen molar-refractivity contribution in [3.8, 4) is 6.07 Å². The smallest absolute Gasteiger partial charge is 0.307 e. The van der Waals surface area contributed by atoms with Crippen molar-refractivity contribution in [2.24, 2.45) is 0 Å². The number of ether oxygens (including phenoxy) is 1. The molecular formula is C20H17N3O4. The van der Waals surface area contributed by atoms with Crippen LogP contribution in [0.25, 0.3) is 11.1 Å². The zero-order chi connectivity index (χ0) is 19.2. The van der Waals surface area contributed by atoms with E-state index < -0.39 is 18.0 Å². The summed E-state index contributed by atoms with van der Waals surface area (Å²) in [5, 5.41) is 11.4. The van der Waals surface area contributed by atoms with Crippen LogP contribution >= 0.6 is 0 Å². The first-order valence-electron chi connectivity index (χ1n) is 8.40. The van der Waals surface area contributed by atoms with Crippen LogP contribution in [0.5, 0.6) is 0 Å². The van der Waals surface area contributed by atoms with Gasteiger partial charge >= 0.3 is 5.97 Å². The van der Waals surface area contributed by atoms with Crippen LogP contribution in [-0.4, -0.2) is 23.0 Å². The maximum Gasteiger partial charge on any atom is 0.307 e. The van der Waals surface area contributed by atoms with E-state index >= 15 is 0 Å². The molecule has 0 bridgehead atoms. The molecule has 0 radical (unpaired) electrons. The fraction of sp³-hybridized carbons (Fsp3) is 0.200. The molecule has 7 heteroatoms. The number of amides is 1. The largest absolute Gasteiger partial charge is 0.453 e. The lowest BCUT2D eigenvalue weighted by Crippen LogP contribution is -2.30. The molecule has 0 saturated carbocycles. The van der Waals surface area contributed by atoms with Gasteiger partial charge in [-0.1, -0.05) is 12.1 Å². The second-order valence-corrected chi connectivity index (χ2v) is 5.89. The second-order valence-electron chi connectivity index (χ2n) is 5.89. The Morgan fingerprint density at radius 3 is 2.67 bits per heavy atom. The SMILES string of the molecule is C[C@@H](OC(=O)CCc1nc2ccccc2o1)C(=O)Nc1ccc(C#N)cc1. The Hall–Kier alpha value is -3.66. The van der Waals surface area contributed by atoms with Crippen LogP contribution in [0, 0.1) is 11.3 Å². The number of carbonyl (C=O) groups excluding carboxylic acids is 2. The fourth-order valence-electron chi connectivity index (χ4n) is 2.42. The topological polar surface area (TPSA) is 105 Å². The van der Waals surface area contributed by atoms with Gasteiger partial charge in [0, 0.05) is 12.1 Å². The van der Waals surface area contributed by atoms with Gasteiger partial charge in [-0.25, -0.2) is 4.98 Å². The van der Waals surface area contributed by atoms with Gasteiger partial charge in [0.25, 0.3) is 5.91 Å². The first-order chi connectivity index (χ1) is 13.0. The van der Waals surface area contributed by atoms with E-state index in [1.54, 1.807) is 30.3 Å². The number of nitrogens with one attached hydrogen (secondary N) is 1. The number of rotatable bonds is 6. The number of fused-ring (bicyclic) bond motifs is 1. The van der Waals surface area contributed by atoms with Crippen molar-refractivity contribution in [1.29, 1.82) is 5.26 Å². The molecule has 1 heterocycles. The van der Waals surface area contributed by atoms with E-state index in [9.17, 15) is 9.59 Å². The van der Waals surface area contributed by atoms with Crippen molar-refractivity contribution in [2.75, 3.05) is 5.32 Å². The lowest BCUT2D eigenvalue weighted by atomic mass is 10.2. The van der Waals surface area contributed by atoms with E-state index in [-0.39, 0.29) is 12.8 Å². The molecule has 0 aliphatic heterocycles. The van der Waals surface area contributed by atoms with E-state index in [4.69, 9.17) is 14.4 Å². The lowest BCUT2D eigenvalue weighted by molar-refractivity contribution is -0.153. The molecule has 0 saturated heterocycles. The maximum absolute atomic E-state index is 12.1. The summed E-state index contributed by atoms with van der Waals surface area (Å²) in [6.45, 7) is 1.50. The number of aryl methyl sites for hydroxylation is 1. The number of benzene rings is 2. The minimum atomic E-state index is -0.947. The molecule has 27 heavy (non-hydrogen) atoms. The molecule has 136 valence electrons. The minimum absolute atomic E-state index is 0.0569. The zero-order valence-corrected chi connectivity index (χ0v) is 14.6. The molecule has 2 aromatic carbocycles. The normalized spacial score (nSPS) is 11.6. The number of para-hydroxylation sites is 2. The van der Waals surface area contributed by atoms with Gasteiger partial charge < -0.3 is 14.5 Å². The number of anilines is 1. The summed E-state index contributed by atoms with van der Waals surface area (Å²) in [6, 6.07) is 15.7. The number of oxazole rings is 1. The molecule has 0 unspecified atom stereocenters. The fourth-order valence-corrected chi connectivity index (χ4v) is 2.42. The summed E-state index contributed by atoms with van der Waals surface area (Å²) in [6.07, 6.45) is -0.601. The number of nitrogens with zero attached hydrogens (tertiary/aromatic N) is 2. The third-order valence-electron chi connectivity index (χ3n) is 3.84. The van der Waals surface area contributed by atoms with E-state index in [0.29, 0.717) is 22.7 Å². The molecule has 1 N–H and O–H groups in total. The van der Waals surface area contributed by atoms with Crippen molar-refractivity contribution in [3.05, 3.63) is 60.0 Å². The molecule has 3 aromatic rings. The molecular weight excluding hydrogens is 346 g/mol. The summed E-state index contributed by atoms with van der Waals surface area (Å²) in [5.74, 6) is -0.516. The number of nitriles is 1. The lowest BCUT2D eigenvalue weighted by Gasteiger charge is -2.13. The molecule has 0 aliphatic carbocycles. The van der Waals surface area contributed by atoms with Crippen LogP contribution in [-0.2, 0) is 20.7 Å². The van der Waals surface area contributed by atoms with E-state index in [1.807, 2.05) is 24.3 Å². The number of esters is 1. The highest BCUT2D eigenvalue weighted by Gasteiger charge is 2.18. The molecule has 3 rings (SSSR count). The first-order valence-corrected chi connectivity index (χ1v) is 8.40. The van der Waals surface area contributed by atoms with Crippen LogP contribution in [0.1, 0.15) is 24.8 Å². The third-order valence-corrected chi connectivity index (χ3v) is 3.84. The molecule has 0 aliphatic rings. The average molecular weight is 363 g/mol. The van der Waals surface area contributed by atoms with Crippen molar-refractivity contribution in [1.82, 2.24) is 4.98 Å². The van der Waals surface area contributed by atoms with Crippen molar-refractivity contribution in [3.63, 3.8) is 0 Å². The van der Waals surface area contributed by atoms with Gasteiger partial charge in [0.05, 0.1) is 18.1 Å². The molecule has 1 aromatic heterocycles. The van der Waals surface area contributed by atoms with Gasteiger partial charge in [0.15, 0.2) is 17.6 Å². The highest BCUT2D eigenvalue weighted by molar-refractivity contribution is 5.95. The summed E-state index contributed by atoms with van der Waals surface area (Å²) >= 11 is 0. The van der Waals surface area contributed by atoms with E-state index in [1.165, 1.54) is 6.92 Å².